The first-order valence-corrected chi connectivity index (χ1v) is 12.0. The predicted molar refractivity (Wildman–Crippen MR) is 128 cm³/mol. The number of carbonyl (C=O) groups is 1. The first-order chi connectivity index (χ1) is 15.4. The molecule has 3 aromatic carbocycles. The molecule has 7 heteroatoms. The molecule has 4 aromatic rings. The van der Waals surface area contributed by atoms with Gasteiger partial charge in [0.15, 0.2) is 0 Å². The fraction of sp³-hybridized carbons (Fsp3) is 0.120. The lowest BCUT2D eigenvalue weighted by atomic mass is 10.1. The van der Waals surface area contributed by atoms with Gasteiger partial charge in [-0.2, -0.15) is 0 Å². The molecule has 0 saturated carbocycles. The number of sulfonamides is 1. The van der Waals surface area contributed by atoms with E-state index in [4.69, 9.17) is 0 Å². The molecule has 32 heavy (non-hydrogen) atoms. The zero-order chi connectivity index (χ0) is 22.6. The van der Waals surface area contributed by atoms with Gasteiger partial charge in [0.1, 0.15) is 6.54 Å². The predicted octanol–water partition coefficient (Wildman–Crippen LogP) is 4.23. The summed E-state index contributed by atoms with van der Waals surface area (Å²) in [6.45, 7) is -0.314. The van der Waals surface area contributed by atoms with Gasteiger partial charge in [-0.1, -0.05) is 48.5 Å². The first kappa shape index (κ1) is 21.5. The van der Waals surface area contributed by atoms with Crippen molar-refractivity contribution in [3.8, 4) is 0 Å². The molecule has 0 bridgehead atoms. The van der Waals surface area contributed by atoms with Crippen molar-refractivity contribution in [1.82, 2.24) is 4.98 Å². The number of hydrogen-bond donors (Lipinski definition) is 1. The molecule has 1 heterocycles. The molecule has 0 fully saturated rings. The SMILES string of the molecule is CS(=O)(=O)N(CC(=O)Nc1ccc(Cc2ccncc2)cc1)c1cccc2ccccc12. The lowest BCUT2D eigenvalue weighted by molar-refractivity contribution is -0.114. The molecule has 0 unspecified atom stereocenters. The number of carbonyl (C=O) groups excluding carboxylic acids is 1. The van der Waals surface area contributed by atoms with Gasteiger partial charge in [0.05, 0.1) is 11.9 Å². The number of pyridine rings is 1. The average molecular weight is 446 g/mol. The maximum absolute atomic E-state index is 12.7. The van der Waals surface area contributed by atoms with Crippen molar-refractivity contribution in [1.29, 1.82) is 0 Å². The summed E-state index contributed by atoms with van der Waals surface area (Å²) in [5, 5.41) is 4.48. The van der Waals surface area contributed by atoms with Crippen molar-refractivity contribution >= 4 is 38.1 Å². The van der Waals surface area contributed by atoms with Crippen LogP contribution in [0.15, 0.2) is 91.3 Å². The third kappa shape index (κ3) is 5.12. The topological polar surface area (TPSA) is 79.4 Å². The van der Waals surface area contributed by atoms with E-state index in [1.165, 1.54) is 0 Å². The van der Waals surface area contributed by atoms with Crippen LogP contribution in [0.5, 0.6) is 0 Å². The standard InChI is InChI=1S/C25H23N3O3S/c1-32(30,31)28(24-8-4-6-21-5-2-3-7-23(21)24)18-25(29)27-22-11-9-19(10-12-22)17-20-13-15-26-16-14-20/h2-16H,17-18H2,1H3,(H,27,29). The lowest BCUT2D eigenvalue weighted by Crippen LogP contribution is -2.37. The molecular formula is C25H23N3O3S. The fourth-order valence-electron chi connectivity index (χ4n) is 3.58. The number of rotatable bonds is 7. The quantitative estimate of drug-likeness (QED) is 0.462. The van der Waals surface area contributed by atoms with E-state index in [-0.39, 0.29) is 6.54 Å². The molecule has 4 rings (SSSR count). The summed E-state index contributed by atoms with van der Waals surface area (Å²) < 4.78 is 26.2. The van der Waals surface area contributed by atoms with E-state index in [9.17, 15) is 13.2 Å². The summed E-state index contributed by atoms with van der Waals surface area (Å²) in [6, 6.07) is 24.3. The molecular weight excluding hydrogens is 422 g/mol. The van der Waals surface area contributed by atoms with Crippen molar-refractivity contribution in [2.45, 2.75) is 6.42 Å². The minimum absolute atomic E-state index is 0.314. The Balaban J connectivity index is 1.50. The van der Waals surface area contributed by atoms with Crippen LogP contribution in [-0.4, -0.2) is 32.1 Å². The molecule has 1 N–H and O–H groups in total. The van der Waals surface area contributed by atoms with Crippen LogP contribution in [0.2, 0.25) is 0 Å². The third-order valence-corrected chi connectivity index (χ3v) is 6.24. The van der Waals surface area contributed by atoms with Crippen molar-refractivity contribution in [3.63, 3.8) is 0 Å². The molecule has 0 radical (unpaired) electrons. The minimum Gasteiger partial charge on any atom is -0.325 e. The van der Waals surface area contributed by atoms with Crippen LogP contribution in [0.1, 0.15) is 11.1 Å². The van der Waals surface area contributed by atoms with Gasteiger partial charge in [-0.05, 0) is 53.3 Å². The molecule has 1 amide bonds. The molecule has 6 nitrogen and oxygen atoms in total. The maximum atomic E-state index is 12.7. The second-order valence-electron chi connectivity index (χ2n) is 7.55. The van der Waals surface area contributed by atoms with Crippen molar-refractivity contribution in [2.75, 3.05) is 22.4 Å². The van der Waals surface area contributed by atoms with Gasteiger partial charge in [0, 0.05) is 23.5 Å². The highest BCUT2D eigenvalue weighted by molar-refractivity contribution is 7.92. The van der Waals surface area contributed by atoms with Crippen LogP contribution >= 0.6 is 0 Å². The third-order valence-electron chi connectivity index (χ3n) is 5.12. The highest BCUT2D eigenvalue weighted by Gasteiger charge is 2.22. The number of aromatic nitrogens is 1. The first-order valence-electron chi connectivity index (χ1n) is 10.1. The second-order valence-corrected chi connectivity index (χ2v) is 9.45. The normalized spacial score (nSPS) is 11.3. The van der Waals surface area contributed by atoms with Crippen LogP contribution in [0.3, 0.4) is 0 Å². The van der Waals surface area contributed by atoms with Crippen LogP contribution in [0.4, 0.5) is 11.4 Å². The Morgan fingerprint density at radius 1 is 0.875 bits per heavy atom. The Morgan fingerprint density at radius 2 is 1.53 bits per heavy atom. The van der Waals surface area contributed by atoms with E-state index in [1.807, 2.05) is 66.7 Å². The largest absolute Gasteiger partial charge is 0.325 e. The van der Waals surface area contributed by atoms with E-state index in [2.05, 4.69) is 10.3 Å². The molecule has 0 atom stereocenters. The van der Waals surface area contributed by atoms with Gasteiger partial charge in [0.2, 0.25) is 15.9 Å². The maximum Gasteiger partial charge on any atom is 0.245 e. The summed E-state index contributed by atoms with van der Waals surface area (Å²) >= 11 is 0. The van der Waals surface area contributed by atoms with Crippen molar-refractivity contribution in [2.24, 2.45) is 0 Å². The molecule has 0 aliphatic rings. The van der Waals surface area contributed by atoms with Crippen molar-refractivity contribution in [3.05, 3.63) is 102 Å². The molecule has 1 aromatic heterocycles. The Kier molecular flexibility index (Phi) is 6.18. The number of nitrogens with zero attached hydrogens (tertiary/aromatic N) is 2. The van der Waals surface area contributed by atoms with E-state index in [0.29, 0.717) is 11.4 Å². The molecule has 0 saturated heterocycles. The zero-order valence-corrected chi connectivity index (χ0v) is 18.4. The highest BCUT2D eigenvalue weighted by atomic mass is 32.2. The summed E-state index contributed by atoms with van der Waals surface area (Å²) in [5.74, 6) is -0.412. The van der Waals surface area contributed by atoms with Gasteiger partial charge in [0.25, 0.3) is 0 Å². The number of benzene rings is 3. The minimum atomic E-state index is -3.67. The number of anilines is 2. The zero-order valence-electron chi connectivity index (χ0n) is 17.6. The Bertz CT molecular complexity index is 1330. The number of fused-ring (bicyclic) bond motifs is 1. The Labute approximate surface area is 187 Å². The van der Waals surface area contributed by atoms with Crippen LogP contribution in [-0.2, 0) is 21.2 Å². The van der Waals surface area contributed by atoms with Gasteiger partial charge in [-0.3, -0.25) is 14.1 Å². The lowest BCUT2D eigenvalue weighted by Gasteiger charge is -2.23. The van der Waals surface area contributed by atoms with E-state index in [0.717, 1.165) is 38.9 Å². The summed E-state index contributed by atoms with van der Waals surface area (Å²) in [7, 11) is -3.67. The monoisotopic (exact) mass is 445 g/mol. The second kappa shape index (κ2) is 9.20. The van der Waals surface area contributed by atoms with Gasteiger partial charge in [-0.15, -0.1) is 0 Å². The summed E-state index contributed by atoms with van der Waals surface area (Å²) in [6.07, 6.45) is 5.39. The number of hydrogen-bond acceptors (Lipinski definition) is 4. The van der Waals surface area contributed by atoms with E-state index in [1.54, 1.807) is 24.5 Å². The Hall–Kier alpha value is -3.71. The smallest absolute Gasteiger partial charge is 0.245 e. The highest BCUT2D eigenvalue weighted by Crippen LogP contribution is 2.28. The van der Waals surface area contributed by atoms with Gasteiger partial charge in [-0.25, -0.2) is 8.42 Å². The number of amides is 1. The van der Waals surface area contributed by atoms with Gasteiger partial charge < -0.3 is 5.32 Å². The molecule has 0 aliphatic carbocycles. The van der Waals surface area contributed by atoms with E-state index >= 15 is 0 Å². The average Bonchev–Trinajstić information content (AvgIpc) is 2.78. The summed E-state index contributed by atoms with van der Waals surface area (Å²) in [5.41, 5.74) is 3.34. The Morgan fingerprint density at radius 3 is 2.25 bits per heavy atom. The van der Waals surface area contributed by atoms with E-state index < -0.39 is 15.9 Å². The fourth-order valence-corrected chi connectivity index (χ4v) is 4.45. The molecule has 0 aliphatic heterocycles. The molecule has 0 spiro atoms. The van der Waals surface area contributed by atoms with Gasteiger partial charge >= 0.3 is 0 Å². The van der Waals surface area contributed by atoms with Crippen LogP contribution in [0, 0.1) is 0 Å². The summed E-state index contributed by atoms with van der Waals surface area (Å²) in [4.78, 5) is 16.7. The van der Waals surface area contributed by atoms with Crippen LogP contribution < -0.4 is 9.62 Å². The van der Waals surface area contributed by atoms with Crippen LogP contribution in [0.25, 0.3) is 10.8 Å². The number of nitrogens with one attached hydrogen (secondary N) is 1. The van der Waals surface area contributed by atoms with Crippen molar-refractivity contribution < 1.29 is 13.2 Å². The molecule has 162 valence electrons.